The van der Waals surface area contributed by atoms with Gasteiger partial charge < -0.3 is 15.6 Å². The fraction of sp³-hybridized carbons (Fsp3) is 0.357. The van der Waals surface area contributed by atoms with E-state index in [9.17, 15) is 4.79 Å². The molecule has 0 aliphatic carbocycles. The molecule has 1 heterocycles. The van der Waals surface area contributed by atoms with Crippen molar-refractivity contribution in [1.29, 1.82) is 0 Å². The van der Waals surface area contributed by atoms with Crippen molar-refractivity contribution >= 4 is 36.4 Å². The zero-order valence-corrected chi connectivity index (χ0v) is 14.4. The van der Waals surface area contributed by atoms with Crippen LogP contribution in [0.2, 0.25) is 0 Å². The number of hydrogen-bond acceptors (Lipinski definition) is 4. The Morgan fingerprint density at radius 2 is 2.05 bits per heavy atom. The number of rotatable bonds is 4. The maximum atomic E-state index is 12.2. The van der Waals surface area contributed by atoms with Crippen LogP contribution in [0.15, 0.2) is 24.5 Å². The van der Waals surface area contributed by atoms with Gasteiger partial charge in [0.05, 0.1) is 6.54 Å². The number of amides is 1. The number of carbonyl (C=O) groups is 1. The van der Waals surface area contributed by atoms with Crippen LogP contribution < -0.4 is 11.1 Å². The quantitative estimate of drug-likeness (QED) is 0.833. The van der Waals surface area contributed by atoms with Crippen LogP contribution >= 0.6 is 24.8 Å². The monoisotopic (exact) mass is 345 g/mol. The molecule has 6 nitrogen and oxygen atoms in total. The molecular weight excluding hydrogens is 325 g/mol. The van der Waals surface area contributed by atoms with Crippen LogP contribution in [0.4, 0.5) is 5.69 Å². The summed E-state index contributed by atoms with van der Waals surface area (Å²) < 4.78 is 1.92. The lowest BCUT2D eigenvalue weighted by atomic mass is 10.1. The van der Waals surface area contributed by atoms with Crippen molar-refractivity contribution in [3.8, 4) is 0 Å². The molecule has 0 aliphatic rings. The van der Waals surface area contributed by atoms with Crippen molar-refractivity contribution in [2.24, 2.45) is 0 Å². The number of benzene rings is 1. The highest BCUT2D eigenvalue weighted by Gasteiger charge is 2.12. The Kier molecular flexibility index (Phi) is 7.90. The molecule has 2 aromatic rings. The maximum absolute atomic E-state index is 12.2. The van der Waals surface area contributed by atoms with E-state index in [4.69, 9.17) is 5.73 Å². The van der Waals surface area contributed by atoms with Gasteiger partial charge in [0.2, 0.25) is 0 Å². The van der Waals surface area contributed by atoms with Gasteiger partial charge in [-0.3, -0.25) is 4.79 Å². The molecule has 0 unspecified atom stereocenters. The second kappa shape index (κ2) is 8.60. The van der Waals surface area contributed by atoms with Crippen LogP contribution in [0.3, 0.4) is 0 Å². The Hall–Kier alpha value is -1.79. The van der Waals surface area contributed by atoms with Gasteiger partial charge in [0.25, 0.3) is 5.91 Å². The largest absolute Gasteiger partial charge is 0.399 e. The second-order valence-electron chi connectivity index (χ2n) is 5.01. The normalized spacial score (nSPS) is 9.82. The summed E-state index contributed by atoms with van der Waals surface area (Å²) in [6.07, 6.45) is 1.66. The van der Waals surface area contributed by atoms with E-state index >= 15 is 0 Å². The molecule has 1 aromatic heterocycles. The first-order chi connectivity index (χ1) is 9.49. The molecule has 0 atom stereocenters. The van der Waals surface area contributed by atoms with Crippen LogP contribution in [0, 0.1) is 6.92 Å². The van der Waals surface area contributed by atoms with Crippen molar-refractivity contribution < 1.29 is 4.79 Å². The number of nitrogen functional groups attached to an aromatic ring is 1. The van der Waals surface area contributed by atoms with E-state index in [0.717, 1.165) is 11.4 Å². The predicted octanol–water partition coefficient (Wildman–Crippen LogP) is 2.52. The smallest absolute Gasteiger partial charge is 0.252 e. The van der Waals surface area contributed by atoms with Gasteiger partial charge in [-0.05, 0) is 38.5 Å². The minimum absolute atomic E-state index is 0. The van der Waals surface area contributed by atoms with Crippen LogP contribution in [-0.4, -0.2) is 20.7 Å². The number of halogens is 2. The third kappa shape index (κ3) is 4.61. The zero-order chi connectivity index (χ0) is 14.7. The van der Waals surface area contributed by atoms with E-state index in [1.54, 1.807) is 18.5 Å². The molecule has 0 radical (unpaired) electrons. The summed E-state index contributed by atoms with van der Waals surface area (Å²) in [4.78, 5) is 12.2. The van der Waals surface area contributed by atoms with E-state index in [1.165, 1.54) is 0 Å². The third-order valence-electron chi connectivity index (χ3n) is 3.12. The fourth-order valence-corrected chi connectivity index (χ4v) is 1.96. The Labute approximate surface area is 142 Å². The molecular formula is C14H21Cl2N5O. The number of nitrogens with two attached hydrogens (primary N) is 1. The first kappa shape index (κ1) is 20.2. The molecule has 1 amide bonds. The van der Waals surface area contributed by atoms with Gasteiger partial charge >= 0.3 is 0 Å². The van der Waals surface area contributed by atoms with Crippen molar-refractivity contribution in [3.05, 3.63) is 41.5 Å². The summed E-state index contributed by atoms with van der Waals surface area (Å²) in [6.45, 7) is 6.30. The number of hydrogen-bond donors (Lipinski definition) is 2. The summed E-state index contributed by atoms with van der Waals surface area (Å²) in [5, 5.41) is 10.7. The van der Waals surface area contributed by atoms with Gasteiger partial charge in [0.15, 0.2) is 5.82 Å². The average molecular weight is 346 g/mol. The lowest BCUT2D eigenvalue weighted by Gasteiger charge is -2.11. The Bertz CT molecular complexity index is 627. The van der Waals surface area contributed by atoms with Crippen LogP contribution in [0.5, 0.6) is 0 Å². The van der Waals surface area contributed by atoms with Crippen molar-refractivity contribution in [2.75, 3.05) is 5.73 Å². The fourth-order valence-electron chi connectivity index (χ4n) is 1.96. The van der Waals surface area contributed by atoms with Gasteiger partial charge in [-0.25, -0.2) is 0 Å². The topological polar surface area (TPSA) is 85.8 Å². The number of carbonyl (C=O) groups excluding carboxylic acids is 1. The van der Waals surface area contributed by atoms with E-state index in [1.807, 2.05) is 31.4 Å². The van der Waals surface area contributed by atoms with E-state index in [0.29, 0.717) is 17.8 Å². The molecule has 0 fully saturated rings. The van der Waals surface area contributed by atoms with Gasteiger partial charge in [-0.2, -0.15) is 0 Å². The molecule has 2 rings (SSSR count). The second-order valence-corrected chi connectivity index (χ2v) is 5.01. The SMILES string of the molecule is Cc1ccc(N)cc1C(=O)NCc1nncn1C(C)C.Cl.Cl. The summed E-state index contributed by atoms with van der Waals surface area (Å²) in [6, 6.07) is 5.55. The van der Waals surface area contributed by atoms with Crippen LogP contribution in [0.25, 0.3) is 0 Å². The summed E-state index contributed by atoms with van der Waals surface area (Å²) >= 11 is 0. The number of nitrogens with one attached hydrogen (secondary N) is 1. The minimum Gasteiger partial charge on any atom is -0.399 e. The minimum atomic E-state index is -0.159. The summed E-state index contributed by atoms with van der Waals surface area (Å²) in [7, 11) is 0. The van der Waals surface area contributed by atoms with Gasteiger partial charge in [-0.1, -0.05) is 6.07 Å². The standard InChI is InChI=1S/C14H19N5O.2ClH/c1-9(2)19-8-17-18-13(19)7-16-14(20)12-6-11(15)5-4-10(12)3;;/h4-6,8-9H,7,15H2,1-3H3,(H,16,20);2*1H. The highest BCUT2D eigenvalue weighted by molar-refractivity contribution is 5.96. The third-order valence-corrected chi connectivity index (χ3v) is 3.12. The zero-order valence-electron chi connectivity index (χ0n) is 12.7. The molecule has 8 heteroatoms. The molecule has 0 aliphatic heterocycles. The molecule has 0 saturated heterocycles. The Balaban J connectivity index is 0.00000220. The number of aryl methyl sites for hydroxylation is 1. The number of aromatic nitrogens is 3. The summed E-state index contributed by atoms with van der Waals surface area (Å²) in [5.74, 6) is 0.572. The van der Waals surface area contributed by atoms with Crippen molar-refractivity contribution in [3.63, 3.8) is 0 Å². The summed E-state index contributed by atoms with van der Waals surface area (Å²) in [5.41, 5.74) is 7.76. The van der Waals surface area contributed by atoms with Crippen LogP contribution in [0.1, 0.15) is 41.6 Å². The first-order valence-electron chi connectivity index (χ1n) is 6.51. The average Bonchev–Trinajstić information content (AvgIpc) is 2.87. The Morgan fingerprint density at radius 3 is 2.68 bits per heavy atom. The highest BCUT2D eigenvalue weighted by Crippen LogP contribution is 2.13. The highest BCUT2D eigenvalue weighted by atomic mass is 35.5. The van der Waals surface area contributed by atoms with Crippen LogP contribution in [-0.2, 0) is 6.54 Å². The Morgan fingerprint density at radius 1 is 1.36 bits per heavy atom. The molecule has 0 spiro atoms. The lowest BCUT2D eigenvalue weighted by molar-refractivity contribution is 0.0948. The van der Waals surface area contributed by atoms with E-state index in [-0.39, 0.29) is 36.8 Å². The lowest BCUT2D eigenvalue weighted by Crippen LogP contribution is -2.25. The van der Waals surface area contributed by atoms with Crippen molar-refractivity contribution in [2.45, 2.75) is 33.4 Å². The molecule has 1 aromatic carbocycles. The van der Waals surface area contributed by atoms with Gasteiger partial charge in [0.1, 0.15) is 6.33 Å². The number of anilines is 1. The van der Waals surface area contributed by atoms with Gasteiger partial charge in [0, 0.05) is 17.3 Å². The molecule has 0 bridgehead atoms. The van der Waals surface area contributed by atoms with Gasteiger partial charge in [-0.15, -0.1) is 35.0 Å². The first-order valence-corrected chi connectivity index (χ1v) is 6.51. The van der Waals surface area contributed by atoms with E-state index in [2.05, 4.69) is 15.5 Å². The molecule has 3 N–H and O–H groups in total. The molecule has 122 valence electrons. The van der Waals surface area contributed by atoms with E-state index < -0.39 is 0 Å². The molecule has 0 saturated carbocycles. The molecule has 22 heavy (non-hydrogen) atoms. The van der Waals surface area contributed by atoms with Crippen molar-refractivity contribution in [1.82, 2.24) is 20.1 Å². The maximum Gasteiger partial charge on any atom is 0.252 e. The predicted molar refractivity (Wildman–Crippen MR) is 91.7 cm³/mol. The number of nitrogens with zero attached hydrogens (tertiary/aromatic N) is 3.